The van der Waals surface area contributed by atoms with Crippen molar-refractivity contribution in [3.63, 3.8) is 0 Å². The van der Waals surface area contributed by atoms with Crippen LogP contribution in [0.4, 0.5) is 0 Å². The summed E-state index contributed by atoms with van der Waals surface area (Å²) in [6, 6.07) is 18.9. The first-order chi connectivity index (χ1) is 14.3. The molecule has 0 saturated carbocycles. The van der Waals surface area contributed by atoms with Crippen LogP contribution < -0.4 is 15.4 Å². The molecule has 5 heteroatoms. The van der Waals surface area contributed by atoms with Crippen molar-refractivity contribution in [3.8, 4) is 5.75 Å². The summed E-state index contributed by atoms with van der Waals surface area (Å²) in [5, 5.41) is 6.90. The third-order valence-electron chi connectivity index (χ3n) is 5.41. The molecule has 1 unspecified atom stereocenters. The minimum absolute atomic E-state index is 0.660. The SMILES string of the molecule is CCNC(=NCc1ccc(OC)cc1)NCC1CCN(CCc2ccccc2)C1. The number of nitrogens with one attached hydrogen (secondary N) is 2. The number of likely N-dealkylation sites (tertiary alicyclic amines) is 1. The number of aliphatic imine (C=N–C) groups is 1. The molecule has 5 nitrogen and oxygen atoms in total. The van der Waals surface area contributed by atoms with Crippen molar-refractivity contribution in [1.29, 1.82) is 0 Å². The molecule has 0 aliphatic carbocycles. The predicted octanol–water partition coefficient (Wildman–Crippen LogP) is 3.31. The van der Waals surface area contributed by atoms with Crippen LogP contribution in [0.3, 0.4) is 0 Å². The fraction of sp³-hybridized carbons (Fsp3) is 0.458. The van der Waals surface area contributed by atoms with Gasteiger partial charge in [-0.05, 0) is 55.5 Å². The fourth-order valence-corrected chi connectivity index (χ4v) is 3.70. The second-order valence-corrected chi connectivity index (χ2v) is 7.62. The van der Waals surface area contributed by atoms with Gasteiger partial charge in [0.2, 0.25) is 0 Å². The Kier molecular flexibility index (Phi) is 8.38. The van der Waals surface area contributed by atoms with E-state index in [1.807, 2.05) is 12.1 Å². The van der Waals surface area contributed by atoms with Gasteiger partial charge in [-0.25, -0.2) is 4.99 Å². The van der Waals surface area contributed by atoms with Crippen molar-refractivity contribution in [1.82, 2.24) is 15.5 Å². The van der Waals surface area contributed by atoms with Crippen molar-refractivity contribution in [2.75, 3.05) is 39.8 Å². The normalized spacial score (nSPS) is 17.3. The highest BCUT2D eigenvalue weighted by molar-refractivity contribution is 5.79. The van der Waals surface area contributed by atoms with Gasteiger partial charge in [-0.15, -0.1) is 0 Å². The molecule has 1 atom stereocenters. The summed E-state index contributed by atoms with van der Waals surface area (Å²) in [7, 11) is 1.69. The van der Waals surface area contributed by atoms with E-state index in [4.69, 9.17) is 9.73 Å². The monoisotopic (exact) mass is 394 g/mol. The Morgan fingerprint density at radius 3 is 2.59 bits per heavy atom. The molecule has 0 amide bonds. The van der Waals surface area contributed by atoms with Gasteiger partial charge < -0.3 is 20.3 Å². The quantitative estimate of drug-likeness (QED) is 0.506. The molecular weight excluding hydrogens is 360 g/mol. The second kappa shape index (κ2) is 11.5. The lowest BCUT2D eigenvalue weighted by Gasteiger charge is -2.17. The maximum atomic E-state index is 5.22. The van der Waals surface area contributed by atoms with Gasteiger partial charge in [0.1, 0.15) is 5.75 Å². The van der Waals surface area contributed by atoms with Gasteiger partial charge >= 0.3 is 0 Å². The molecule has 2 aromatic carbocycles. The average molecular weight is 395 g/mol. The van der Waals surface area contributed by atoms with E-state index in [0.29, 0.717) is 12.5 Å². The van der Waals surface area contributed by atoms with Crippen LogP contribution in [0.1, 0.15) is 24.5 Å². The fourth-order valence-electron chi connectivity index (χ4n) is 3.70. The van der Waals surface area contributed by atoms with Crippen molar-refractivity contribution in [3.05, 3.63) is 65.7 Å². The third kappa shape index (κ3) is 7.09. The lowest BCUT2D eigenvalue weighted by molar-refractivity contribution is 0.328. The molecule has 0 aromatic heterocycles. The van der Waals surface area contributed by atoms with E-state index in [2.05, 4.69) is 64.9 Å². The van der Waals surface area contributed by atoms with Gasteiger partial charge in [-0.3, -0.25) is 0 Å². The molecule has 1 aliphatic rings. The van der Waals surface area contributed by atoms with Crippen molar-refractivity contribution in [2.45, 2.75) is 26.3 Å². The van der Waals surface area contributed by atoms with Crippen molar-refractivity contribution < 1.29 is 4.74 Å². The number of nitrogens with zero attached hydrogens (tertiary/aromatic N) is 2. The van der Waals surface area contributed by atoms with Crippen molar-refractivity contribution in [2.24, 2.45) is 10.9 Å². The van der Waals surface area contributed by atoms with Crippen LogP contribution in [0, 0.1) is 5.92 Å². The molecule has 1 saturated heterocycles. The van der Waals surface area contributed by atoms with Gasteiger partial charge in [0, 0.05) is 26.2 Å². The summed E-state index contributed by atoms with van der Waals surface area (Å²) < 4.78 is 5.22. The van der Waals surface area contributed by atoms with Crippen LogP contribution >= 0.6 is 0 Å². The molecule has 0 spiro atoms. The molecule has 2 aromatic rings. The Morgan fingerprint density at radius 2 is 1.86 bits per heavy atom. The van der Waals surface area contributed by atoms with Crippen LogP contribution in [0.25, 0.3) is 0 Å². The standard InChI is InChI=1S/C24H34N4O/c1-3-25-24(26-17-21-9-11-23(29-2)12-10-21)27-18-22-14-16-28(19-22)15-13-20-7-5-4-6-8-20/h4-12,22H,3,13-19H2,1-2H3,(H2,25,26,27). The van der Waals surface area contributed by atoms with E-state index in [-0.39, 0.29) is 0 Å². The largest absolute Gasteiger partial charge is 0.497 e. The Hall–Kier alpha value is -2.53. The average Bonchev–Trinajstić information content (AvgIpc) is 3.23. The summed E-state index contributed by atoms with van der Waals surface area (Å²) in [4.78, 5) is 7.32. The zero-order valence-electron chi connectivity index (χ0n) is 17.7. The Morgan fingerprint density at radius 1 is 1.07 bits per heavy atom. The molecule has 1 fully saturated rings. The zero-order valence-corrected chi connectivity index (χ0v) is 17.7. The second-order valence-electron chi connectivity index (χ2n) is 7.62. The van der Waals surface area contributed by atoms with Crippen LogP contribution in [0.15, 0.2) is 59.6 Å². The van der Waals surface area contributed by atoms with Crippen LogP contribution in [-0.2, 0) is 13.0 Å². The van der Waals surface area contributed by atoms with Gasteiger partial charge in [0.15, 0.2) is 5.96 Å². The number of ether oxygens (including phenoxy) is 1. The number of methoxy groups -OCH3 is 1. The highest BCUT2D eigenvalue weighted by Crippen LogP contribution is 2.16. The lowest BCUT2D eigenvalue weighted by atomic mass is 10.1. The maximum Gasteiger partial charge on any atom is 0.191 e. The van der Waals surface area contributed by atoms with Crippen LogP contribution in [0.5, 0.6) is 5.75 Å². The summed E-state index contributed by atoms with van der Waals surface area (Å²) in [5.41, 5.74) is 2.60. The molecule has 3 rings (SSSR count). The van der Waals surface area contributed by atoms with E-state index in [9.17, 15) is 0 Å². The smallest absolute Gasteiger partial charge is 0.191 e. The minimum Gasteiger partial charge on any atom is -0.497 e. The molecule has 0 radical (unpaired) electrons. The van der Waals surface area contributed by atoms with E-state index in [1.165, 1.54) is 24.1 Å². The van der Waals surface area contributed by atoms with E-state index < -0.39 is 0 Å². The van der Waals surface area contributed by atoms with Crippen molar-refractivity contribution >= 4 is 5.96 Å². The molecule has 0 bridgehead atoms. The molecule has 1 aliphatic heterocycles. The Balaban J connectivity index is 1.42. The zero-order chi connectivity index (χ0) is 20.3. The van der Waals surface area contributed by atoms with E-state index >= 15 is 0 Å². The van der Waals surface area contributed by atoms with Gasteiger partial charge in [-0.1, -0.05) is 42.5 Å². The minimum atomic E-state index is 0.660. The molecule has 156 valence electrons. The number of rotatable bonds is 9. The van der Waals surface area contributed by atoms with E-state index in [1.54, 1.807) is 7.11 Å². The number of benzene rings is 2. The number of guanidine groups is 1. The topological polar surface area (TPSA) is 48.9 Å². The molecule has 2 N–H and O–H groups in total. The van der Waals surface area contributed by atoms with Gasteiger partial charge in [0.25, 0.3) is 0 Å². The summed E-state index contributed by atoms with van der Waals surface area (Å²) in [6.45, 7) is 8.10. The first kappa shape index (κ1) is 21.2. The summed E-state index contributed by atoms with van der Waals surface area (Å²) >= 11 is 0. The summed E-state index contributed by atoms with van der Waals surface area (Å²) in [6.07, 6.45) is 2.38. The third-order valence-corrected chi connectivity index (χ3v) is 5.41. The first-order valence-electron chi connectivity index (χ1n) is 10.7. The molecular formula is C24H34N4O. The number of hydrogen-bond acceptors (Lipinski definition) is 3. The van der Waals surface area contributed by atoms with Crippen LogP contribution in [-0.4, -0.2) is 50.7 Å². The lowest BCUT2D eigenvalue weighted by Crippen LogP contribution is -2.40. The Bertz CT molecular complexity index is 745. The highest BCUT2D eigenvalue weighted by Gasteiger charge is 2.22. The van der Waals surface area contributed by atoms with Crippen LogP contribution in [0.2, 0.25) is 0 Å². The van der Waals surface area contributed by atoms with Gasteiger partial charge in [0.05, 0.1) is 13.7 Å². The molecule has 1 heterocycles. The highest BCUT2D eigenvalue weighted by atomic mass is 16.5. The van der Waals surface area contributed by atoms with Gasteiger partial charge in [-0.2, -0.15) is 0 Å². The summed E-state index contributed by atoms with van der Waals surface area (Å²) in [5.74, 6) is 2.45. The predicted molar refractivity (Wildman–Crippen MR) is 121 cm³/mol. The number of hydrogen-bond donors (Lipinski definition) is 2. The Labute approximate surface area is 175 Å². The maximum absolute atomic E-state index is 5.22. The molecule has 29 heavy (non-hydrogen) atoms. The van der Waals surface area contributed by atoms with E-state index in [0.717, 1.165) is 44.3 Å². The first-order valence-corrected chi connectivity index (χ1v) is 10.7.